The van der Waals surface area contributed by atoms with Crippen LogP contribution >= 0.6 is 0 Å². The molecule has 5 heteroatoms. The lowest BCUT2D eigenvalue weighted by Crippen LogP contribution is -2.38. The largest absolute Gasteiger partial charge is 0.507 e. The number of hydrogen-bond acceptors (Lipinski definition) is 4. The first-order valence-corrected chi connectivity index (χ1v) is 8.96. The van der Waals surface area contributed by atoms with Crippen LogP contribution in [-0.2, 0) is 9.59 Å². The first kappa shape index (κ1) is 15.3. The molecule has 130 valence electrons. The van der Waals surface area contributed by atoms with E-state index in [1.165, 1.54) is 6.21 Å². The third kappa shape index (κ3) is 2.06. The molecule has 2 bridgehead atoms. The summed E-state index contributed by atoms with van der Waals surface area (Å²) in [6.07, 6.45) is 7.53. The fourth-order valence-corrected chi connectivity index (χ4v) is 4.71. The molecule has 2 fully saturated rings. The van der Waals surface area contributed by atoms with E-state index in [0.29, 0.717) is 5.56 Å². The van der Waals surface area contributed by atoms with Crippen LogP contribution in [0.2, 0.25) is 0 Å². The highest BCUT2D eigenvalue weighted by Crippen LogP contribution is 2.49. The SMILES string of the molecule is O=C1[C@@H]2[C@@H](C(=O)N1/N=C\c1c(O)ccc3ccccc13)[C@H]1C=C[C@H]2CC1. The van der Waals surface area contributed by atoms with Gasteiger partial charge in [-0.05, 0) is 41.5 Å². The van der Waals surface area contributed by atoms with Crippen molar-refractivity contribution < 1.29 is 14.7 Å². The Morgan fingerprint density at radius 2 is 1.62 bits per heavy atom. The Labute approximate surface area is 150 Å². The predicted molar refractivity (Wildman–Crippen MR) is 97.4 cm³/mol. The number of nitrogens with zero attached hydrogens (tertiary/aromatic N) is 2. The van der Waals surface area contributed by atoms with Gasteiger partial charge in [-0.3, -0.25) is 9.59 Å². The lowest BCUT2D eigenvalue weighted by Gasteiger charge is -2.37. The van der Waals surface area contributed by atoms with Gasteiger partial charge < -0.3 is 5.11 Å². The molecular weight excluding hydrogens is 328 g/mol. The van der Waals surface area contributed by atoms with Crippen LogP contribution in [0.25, 0.3) is 10.8 Å². The van der Waals surface area contributed by atoms with Crippen molar-refractivity contribution >= 4 is 28.8 Å². The van der Waals surface area contributed by atoms with Gasteiger partial charge in [0.2, 0.25) is 0 Å². The van der Waals surface area contributed by atoms with Crippen molar-refractivity contribution in [1.29, 1.82) is 0 Å². The van der Waals surface area contributed by atoms with Gasteiger partial charge in [-0.2, -0.15) is 10.1 Å². The molecule has 0 radical (unpaired) electrons. The van der Waals surface area contributed by atoms with Crippen LogP contribution in [0.4, 0.5) is 0 Å². The number of benzene rings is 2. The maximum Gasteiger partial charge on any atom is 0.254 e. The minimum Gasteiger partial charge on any atom is -0.507 e. The fourth-order valence-electron chi connectivity index (χ4n) is 4.71. The zero-order valence-corrected chi connectivity index (χ0v) is 14.1. The van der Waals surface area contributed by atoms with Crippen molar-refractivity contribution in [3.63, 3.8) is 0 Å². The van der Waals surface area contributed by atoms with E-state index in [-0.39, 0.29) is 41.2 Å². The quantitative estimate of drug-likeness (QED) is 0.516. The van der Waals surface area contributed by atoms with Crippen LogP contribution in [0.1, 0.15) is 18.4 Å². The van der Waals surface area contributed by atoms with Gasteiger partial charge in [0, 0.05) is 5.56 Å². The minimum absolute atomic E-state index is 0.0747. The van der Waals surface area contributed by atoms with Gasteiger partial charge in [-0.1, -0.05) is 42.5 Å². The van der Waals surface area contributed by atoms with Crippen molar-refractivity contribution in [3.05, 3.63) is 54.1 Å². The van der Waals surface area contributed by atoms with Gasteiger partial charge in [0.05, 0.1) is 18.1 Å². The number of carbonyl (C=O) groups is 2. The van der Waals surface area contributed by atoms with E-state index in [1.807, 2.05) is 30.3 Å². The van der Waals surface area contributed by atoms with Crippen LogP contribution in [-0.4, -0.2) is 28.1 Å². The van der Waals surface area contributed by atoms with Gasteiger partial charge in [-0.25, -0.2) is 0 Å². The van der Waals surface area contributed by atoms with Crippen molar-refractivity contribution in [2.24, 2.45) is 28.8 Å². The minimum atomic E-state index is -0.274. The number of fused-ring (bicyclic) bond motifs is 2. The molecule has 6 rings (SSSR count). The number of amides is 2. The fraction of sp³-hybridized carbons (Fsp3) is 0.286. The molecule has 5 nitrogen and oxygen atoms in total. The molecule has 3 aliphatic carbocycles. The Balaban J connectivity index is 1.52. The molecule has 2 amide bonds. The summed E-state index contributed by atoms with van der Waals surface area (Å²) in [4.78, 5) is 25.6. The Bertz CT molecular complexity index is 962. The molecule has 1 heterocycles. The third-order valence-electron chi connectivity index (χ3n) is 5.99. The predicted octanol–water partition coefficient (Wildman–Crippen LogP) is 3.08. The molecule has 2 aromatic carbocycles. The zero-order chi connectivity index (χ0) is 17.8. The van der Waals surface area contributed by atoms with Gasteiger partial charge >= 0.3 is 0 Å². The van der Waals surface area contributed by atoms with Crippen LogP contribution in [0.5, 0.6) is 5.75 Å². The molecule has 4 atom stereocenters. The Hall–Kier alpha value is -2.95. The summed E-state index contributed by atoms with van der Waals surface area (Å²) in [5, 5.41) is 17.2. The van der Waals surface area contributed by atoms with E-state index >= 15 is 0 Å². The molecule has 26 heavy (non-hydrogen) atoms. The topological polar surface area (TPSA) is 70.0 Å². The lowest BCUT2D eigenvalue weighted by molar-refractivity contribution is -0.140. The van der Waals surface area contributed by atoms with Crippen molar-refractivity contribution in [3.8, 4) is 5.75 Å². The number of phenolic OH excluding ortho intramolecular Hbond substituents is 1. The molecule has 1 saturated carbocycles. The highest BCUT2D eigenvalue weighted by atomic mass is 16.3. The molecule has 1 aliphatic heterocycles. The van der Waals surface area contributed by atoms with Gasteiger partial charge in [0.15, 0.2) is 0 Å². The van der Waals surface area contributed by atoms with Crippen LogP contribution in [0, 0.1) is 23.7 Å². The smallest absolute Gasteiger partial charge is 0.254 e. The number of aromatic hydroxyl groups is 1. The second-order valence-corrected chi connectivity index (χ2v) is 7.29. The maximum atomic E-state index is 12.8. The average molecular weight is 346 g/mol. The average Bonchev–Trinajstić information content (AvgIpc) is 2.95. The summed E-state index contributed by atoms with van der Waals surface area (Å²) in [7, 11) is 0. The second kappa shape index (κ2) is 5.53. The normalized spacial score (nSPS) is 29.9. The van der Waals surface area contributed by atoms with E-state index in [0.717, 1.165) is 28.6 Å². The van der Waals surface area contributed by atoms with Crippen LogP contribution in [0.3, 0.4) is 0 Å². The molecule has 1 saturated heterocycles. The van der Waals surface area contributed by atoms with Gasteiger partial charge in [-0.15, -0.1) is 0 Å². The zero-order valence-electron chi connectivity index (χ0n) is 14.1. The number of allylic oxidation sites excluding steroid dienone is 2. The van der Waals surface area contributed by atoms with Crippen LogP contribution in [0.15, 0.2) is 53.7 Å². The molecule has 2 aromatic rings. The Kier molecular flexibility index (Phi) is 3.26. The first-order valence-electron chi connectivity index (χ1n) is 8.96. The number of hydrazone groups is 1. The lowest BCUT2D eigenvalue weighted by atomic mass is 9.63. The highest BCUT2D eigenvalue weighted by molar-refractivity contribution is 6.08. The standard InChI is InChI=1S/C21H18N2O3/c24-17-10-9-12-3-1-2-4-15(12)16(17)11-22-23-20(25)18-13-5-6-14(8-7-13)19(18)21(23)26/h1-6,9-11,13-14,18-19,24H,7-8H2/b22-11-/t13-,14-,18-,19-/m0/s1. The molecule has 1 N–H and O–H groups in total. The van der Waals surface area contributed by atoms with E-state index in [4.69, 9.17) is 0 Å². The summed E-state index contributed by atoms with van der Waals surface area (Å²) in [5.74, 6) is -0.606. The second-order valence-electron chi connectivity index (χ2n) is 7.29. The number of imide groups is 1. The van der Waals surface area contributed by atoms with Crippen LogP contribution < -0.4 is 0 Å². The molecule has 0 aromatic heterocycles. The number of carbonyl (C=O) groups excluding carboxylic acids is 2. The Morgan fingerprint density at radius 3 is 2.27 bits per heavy atom. The van der Waals surface area contributed by atoms with Gasteiger partial charge in [0.25, 0.3) is 11.8 Å². The number of phenols is 1. The third-order valence-corrected chi connectivity index (χ3v) is 5.99. The molecule has 0 unspecified atom stereocenters. The van der Waals surface area contributed by atoms with Crippen molar-refractivity contribution in [2.45, 2.75) is 12.8 Å². The molecule has 4 aliphatic rings. The highest BCUT2D eigenvalue weighted by Gasteiger charge is 2.56. The Morgan fingerprint density at radius 1 is 0.962 bits per heavy atom. The first-order chi connectivity index (χ1) is 12.6. The monoisotopic (exact) mass is 346 g/mol. The van der Waals surface area contributed by atoms with Crippen molar-refractivity contribution in [2.75, 3.05) is 0 Å². The summed E-state index contributed by atoms with van der Waals surface area (Å²) in [5.41, 5.74) is 0.514. The molecular formula is C21H18N2O3. The number of hydrogen-bond donors (Lipinski definition) is 1. The number of rotatable bonds is 2. The summed E-state index contributed by atoms with van der Waals surface area (Å²) in [6, 6.07) is 11.0. The molecule has 0 spiro atoms. The maximum absolute atomic E-state index is 12.8. The summed E-state index contributed by atoms with van der Waals surface area (Å²) >= 11 is 0. The summed E-state index contributed by atoms with van der Waals surface area (Å²) in [6.45, 7) is 0. The van der Waals surface area contributed by atoms with E-state index in [1.54, 1.807) is 6.07 Å². The van der Waals surface area contributed by atoms with E-state index < -0.39 is 0 Å². The van der Waals surface area contributed by atoms with Gasteiger partial charge in [0.1, 0.15) is 5.75 Å². The summed E-state index contributed by atoms with van der Waals surface area (Å²) < 4.78 is 0. The van der Waals surface area contributed by atoms with Crippen molar-refractivity contribution in [1.82, 2.24) is 5.01 Å². The van der Waals surface area contributed by atoms with E-state index in [2.05, 4.69) is 17.3 Å². The van der Waals surface area contributed by atoms with E-state index in [9.17, 15) is 14.7 Å².